The van der Waals surface area contributed by atoms with E-state index in [1.54, 1.807) is 19.5 Å². The Bertz CT molecular complexity index is 452. The Morgan fingerprint density at radius 1 is 1.31 bits per heavy atom. The average Bonchev–Trinajstić information content (AvgIpc) is 2.75. The molecule has 0 fully saturated rings. The van der Waals surface area contributed by atoms with Gasteiger partial charge in [-0.25, -0.2) is 4.39 Å². The van der Waals surface area contributed by atoms with Crippen LogP contribution in [0.4, 0.5) is 4.39 Å². The van der Waals surface area contributed by atoms with Crippen molar-refractivity contribution in [3.05, 3.63) is 53.2 Å². The number of rotatable bonds is 3. The molecule has 3 heteroatoms. The predicted molar refractivity (Wildman–Crippen MR) is 58.9 cm³/mol. The van der Waals surface area contributed by atoms with E-state index in [4.69, 9.17) is 9.15 Å². The summed E-state index contributed by atoms with van der Waals surface area (Å²) in [5.74, 6) is 0.309. The monoisotopic (exact) mass is 220 g/mol. The number of benzene rings is 1. The van der Waals surface area contributed by atoms with E-state index in [-0.39, 0.29) is 5.82 Å². The van der Waals surface area contributed by atoms with Crippen LogP contribution in [0.25, 0.3) is 0 Å². The molecule has 16 heavy (non-hydrogen) atoms. The van der Waals surface area contributed by atoms with Gasteiger partial charge in [0.1, 0.15) is 18.2 Å². The highest BCUT2D eigenvalue weighted by Crippen LogP contribution is 2.21. The summed E-state index contributed by atoms with van der Waals surface area (Å²) in [4.78, 5) is 0. The van der Waals surface area contributed by atoms with E-state index in [0.29, 0.717) is 17.9 Å². The molecule has 1 aromatic carbocycles. The molecule has 2 nitrogen and oxygen atoms in total. The quantitative estimate of drug-likeness (QED) is 0.788. The highest BCUT2D eigenvalue weighted by molar-refractivity contribution is 5.35. The summed E-state index contributed by atoms with van der Waals surface area (Å²) in [7, 11) is 0. The van der Waals surface area contributed by atoms with Crippen molar-refractivity contribution in [3.63, 3.8) is 0 Å². The molecule has 0 aliphatic rings. The van der Waals surface area contributed by atoms with Crippen LogP contribution in [0.1, 0.15) is 16.7 Å². The summed E-state index contributed by atoms with van der Waals surface area (Å²) in [6.45, 7) is 4.01. The van der Waals surface area contributed by atoms with Crippen LogP contribution in [-0.2, 0) is 6.61 Å². The fraction of sp³-hybridized carbons (Fsp3) is 0.231. The van der Waals surface area contributed by atoms with Gasteiger partial charge in [-0.15, -0.1) is 0 Å². The number of hydrogen-bond donors (Lipinski definition) is 0. The van der Waals surface area contributed by atoms with Crippen LogP contribution in [0, 0.1) is 19.7 Å². The smallest absolute Gasteiger partial charge is 0.130 e. The predicted octanol–water partition coefficient (Wildman–Crippen LogP) is 3.61. The molecule has 84 valence electrons. The summed E-state index contributed by atoms with van der Waals surface area (Å²) in [6, 6.07) is 5.05. The maximum atomic E-state index is 13.4. The maximum absolute atomic E-state index is 13.4. The third kappa shape index (κ3) is 2.24. The topological polar surface area (TPSA) is 22.4 Å². The Balaban J connectivity index is 2.10. The number of hydrogen-bond acceptors (Lipinski definition) is 2. The molecule has 1 aromatic heterocycles. The largest absolute Gasteiger partial charge is 0.489 e. The van der Waals surface area contributed by atoms with Gasteiger partial charge in [0.05, 0.1) is 12.5 Å². The van der Waals surface area contributed by atoms with Gasteiger partial charge in [-0.1, -0.05) is 0 Å². The molecular formula is C13H13FO2. The van der Waals surface area contributed by atoms with Gasteiger partial charge in [0.2, 0.25) is 0 Å². The lowest BCUT2D eigenvalue weighted by molar-refractivity contribution is 0.303. The molecule has 0 saturated heterocycles. The minimum atomic E-state index is -0.234. The molecule has 0 aliphatic carbocycles. The first kappa shape index (κ1) is 10.7. The van der Waals surface area contributed by atoms with Crippen LogP contribution in [0.2, 0.25) is 0 Å². The minimum Gasteiger partial charge on any atom is -0.489 e. The highest BCUT2D eigenvalue weighted by Gasteiger charge is 2.05. The highest BCUT2D eigenvalue weighted by atomic mass is 19.1. The van der Waals surface area contributed by atoms with Gasteiger partial charge in [0.25, 0.3) is 0 Å². The maximum Gasteiger partial charge on any atom is 0.130 e. The van der Waals surface area contributed by atoms with Crippen LogP contribution in [0.15, 0.2) is 35.1 Å². The number of aryl methyl sites for hydroxylation is 1. The first-order valence-electron chi connectivity index (χ1n) is 5.07. The average molecular weight is 220 g/mol. The Morgan fingerprint density at radius 3 is 2.75 bits per heavy atom. The summed E-state index contributed by atoms with van der Waals surface area (Å²) < 4.78 is 23.8. The van der Waals surface area contributed by atoms with Crippen molar-refractivity contribution in [2.75, 3.05) is 0 Å². The number of furan rings is 1. The zero-order valence-electron chi connectivity index (χ0n) is 9.29. The molecule has 1 heterocycles. The van der Waals surface area contributed by atoms with Gasteiger partial charge in [0, 0.05) is 11.6 Å². The van der Waals surface area contributed by atoms with Gasteiger partial charge >= 0.3 is 0 Å². The van der Waals surface area contributed by atoms with Crippen LogP contribution in [0.3, 0.4) is 0 Å². The van der Waals surface area contributed by atoms with Crippen LogP contribution >= 0.6 is 0 Å². The van der Waals surface area contributed by atoms with E-state index in [0.717, 1.165) is 11.1 Å². The molecule has 2 rings (SSSR count). The SMILES string of the molecule is Cc1cc(OCc2ccoc2)cc(F)c1C. The lowest BCUT2D eigenvalue weighted by atomic mass is 10.1. The molecule has 0 radical (unpaired) electrons. The molecule has 0 atom stereocenters. The zero-order valence-corrected chi connectivity index (χ0v) is 9.29. The number of ether oxygens (including phenoxy) is 1. The first-order valence-corrected chi connectivity index (χ1v) is 5.07. The Hall–Kier alpha value is -1.77. The second-order valence-corrected chi connectivity index (χ2v) is 3.77. The third-order valence-electron chi connectivity index (χ3n) is 2.56. The van der Waals surface area contributed by atoms with E-state index < -0.39 is 0 Å². The summed E-state index contributed by atoms with van der Waals surface area (Å²) in [6.07, 6.45) is 3.19. The molecule has 2 aromatic rings. The Labute approximate surface area is 93.7 Å². The van der Waals surface area contributed by atoms with Crippen LogP contribution in [-0.4, -0.2) is 0 Å². The zero-order chi connectivity index (χ0) is 11.5. The van der Waals surface area contributed by atoms with E-state index in [1.165, 1.54) is 6.07 Å². The van der Waals surface area contributed by atoms with Crippen molar-refractivity contribution in [3.8, 4) is 5.75 Å². The summed E-state index contributed by atoms with van der Waals surface area (Å²) in [5.41, 5.74) is 2.48. The standard InChI is InChI=1S/C13H13FO2/c1-9-5-12(6-13(14)10(9)2)16-8-11-3-4-15-7-11/h3-7H,8H2,1-2H3. The van der Waals surface area contributed by atoms with Crippen molar-refractivity contribution >= 4 is 0 Å². The first-order chi connectivity index (χ1) is 7.66. The normalized spacial score (nSPS) is 10.4. The lowest BCUT2D eigenvalue weighted by Gasteiger charge is -2.08. The summed E-state index contributed by atoms with van der Waals surface area (Å²) in [5, 5.41) is 0. The van der Waals surface area contributed by atoms with Gasteiger partial charge < -0.3 is 9.15 Å². The molecule has 0 N–H and O–H groups in total. The molecule has 0 spiro atoms. The molecule has 0 saturated carbocycles. The second kappa shape index (κ2) is 4.39. The Kier molecular flexibility index (Phi) is 2.95. The van der Waals surface area contributed by atoms with Crippen molar-refractivity contribution in [1.29, 1.82) is 0 Å². The molecule has 0 unspecified atom stereocenters. The fourth-order valence-electron chi connectivity index (χ4n) is 1.41. The molecule has 0 amide bonds. The van der Waals surface area contributed by atoms with Gasteiger partial charge in [-0.3, -0.25) is 0 Å². The Morgan fingerprint density at radius 2 is 2.12 bits per heavy atom. The second-order valence-electron chi connectivity index (χ2n) is 3.77. The van der Waals surface area contributed by atoms with E-state index in [9.17, 15) is 4.39 Å². The molecular weight excluding hydrogens is 207 g/mol. The molecule has 0 bridgehead atoms. The van der Waals surface area contributed by atoms with Crippen molar-refractivity contribution in [1.82, 2.24) is 0 Å². The van der Waals surface area contributed by atoms with E-state index >= 15 is 0 Å². The van der Waals surface area contributed by atoms with Crippen LogP contribution in [0.5, 0.6) is 5.75 Å². The minimum absolute atomic E-state index is 0.234. The fourth-order valence-corrected chi connectivity index (χ4v) is 1.41. The number of halogens is 1. The summed E-state index contributed by atoms with van der Waals surface area (Å²) >= 11 is 0. The van der Waals surface area contributed by atoms with Gasteiger partial charge in [-0.2, -0.15) is 0 Å². The van der Waals surface area contributed by atoms with Gasteiger partial charge in [0.15, 0.2) is 0 Å². The van der Waals surface area contributed by atoms with Crippen molar-refractivity contribution in [2.45, 2.75) is 20.5 Å². The van der Waals surface area contributed by atoms with E-state index in [2.05, 4.69) is 0 Å². The van der Waals surface area contributed by atoms with Crippen molar-refractivity contribution in [2.24, 2.45) is 0 Å². The third-order valence-corrected chi connectivity index (χ3v) is 2.56. The molecule has 0 aliphatic heterocycles. The van der Waals surface area contributed by atoms with Crippen LogP contribution < -0.4 is 4.74 Å². The lowest BCUT2D eigenvalue weighted by Crippen LogP contribution is -1.96. The van der Waals surface area contributed by atoms with E-state index in [1.807, 2.05) is 19.1 Å². The van der Waals surface area contributed by atoms with Crippen molar-refractivity contribution < 1.29 is 13.5 Å². The van der Waals surface area contributed by atoms with Gasteiger partial charge in [-0.05, 0) is 37.1 Å².